The Morgan fingerprint density at radius 2 is 2.07 bits per heavy atom. The van der Waals surface area contributed by atoms with Crippen molar-refractivity contribution in [1.82, 2.24) is 0 Å². The van der Waals surface area contributed by atoms with Crippen LogP contribution in [0.1, 0.15) is 12.5 Å². The van der Waals surface area contributed by atoms with Crippen LogP contribution in [0, 0.1) is 0 Å². The van der Waals surface area contributed by atoms with Crippen LogP contribution in [0.15, 0.2) is 24.3 Å². The zero-order chi connectivity index (χ0) is 11.3. The van der Waals surface area contributed by atoms with Crippen LogP contribution < -0.4 is 10.6 Å². The van der Waals surface area contributed by atoms with Gasteiger partial charge in [-0.05, 0) is 24.8 Å². The van der Waals surface area contributed by atoms with Gasteiger partial charge in [-0.15, -0.1) is 0 Å². The third-order valence-electron chi connectivity index (χ3n) is 2.66. The Kier molecular flexibility index (Phi) is 4.99. The Labute approximate surface area is 96.8 Å². The fraction of sp³-hybridized carbons (Fsp3) is 0.500. The number of rotatable bonds is 5. The van der Waals surface area contributed by atoms with Crippen LogP contribution in [0.25, 0.3) is 0 Å². The van der Waals surface area contributed by atoms with E-state index in [0.29, 0.717) is 12.6 Å². The molecule has 0 aliphatic heterocycles. The van der Waals surface area contributed by atoms with Crippen LogP contribution in [-0.4, -0.2) is 25.1 Å². The lowest BCUT2D eigenvalue weighted by Crippen LogP contribution is -2.31. The van der Waals surface area contributed by atoms with Gasteiger partial charge in [0, 0.05) is 31.1 Å². The van der Waals surface area contributed by atoms with Gasteiger partial charge in [0.05, 0.1) is 0 Å². The molecule has 0 aliphatic rings. The van der Waals surface area contributed by atoms with Gasteiger partial charge in [-0.3, -0.25) is 0 Å². The van der Waals surface area contributed by atoms with Crippen molar-refractivity contribution < 1.29 is 0 Å². The molecule has 1 unspecified atom stereocenters. The van der Waals surface area contributed by atoms with Crippen molar-refractivity contribution in [1.29, 1.82) is 0 Å². The number of hydrogen-bond donors (Lipinski definition) is 1. The average molecular weight is 224 g/mol. The smallest absolute Gasteiger partial charge is 0.0411 e. The van der Waals surface area contributed by atoms with Gasteiger partial charge >= 0.3 is 0 Å². The van der Waals surface area contributed by atoms with Crippen LogP contribution in [-0.2, 0) is 6.54 Å². The number of nitrogens with two attached hydrogens (primary N) is 1. The largest absolute Gasteiger partial charge is 0.371 e. The third-order valence-corrected chi connectivity index (χ3v) is 3.48. The number of para-hydroxylation sites is 1. The molecule has 0 spiro atoms. The van der Waals surface area contributed by atoms with Crippen LogP contribution in [0.4, 0.5) is 5.69 Å². The minimum Gasteiger partial charge on any atom is -0.371 e. The van der Waals surface area contributed by atoms with Crippen molar-refractivity contribution >= 4 is 17.4 Å². The Morgan fingerprint density at radius 1 is 1.40 bits per heavy atom. The van der Waals surface area contributed by atoms with Gasteiger partial charge in [-0.2, -0.15) is 11.8 Å². The molecule has 1 atom stereocenters. The van der Waals surface area contributed by atoms with Crippen molar-refractivity contribution in [2.45, 2.75) is 19.5 Å². The van der Waals surface area contributed by atoms with E-state index in [0.717, 1.165) is 5.75 Å². The lowest BCUT2D eigenvalue weighted by atomic mass is 10.1. The number of nitrogens with zero attached hydrogens (tertiary/aromatic N) is 1. The van der Waals surface area contributed by atoms with Crippen molar-refractivity contribution in [3.8, 4) is 0 Å². The molecule has 84 valence electrons. The second-order valence-electron chi connectivity index (χ2n) is 3.75. The molecule has 15 heavy (non-hydrogen) atoms. The quantitative estimate of drug-likeness (QED) is 0.832. The van der Waals surface area contributed by atoms with Gasteiger partial charge in [0.25, 0.3) is 0 Å². The predicted octanol–water partition coefficient (Wildman–Crippen LogP) is 2.33. The molecule has 0 heterocycles. The summed E-state index contributed by atoms with van der Waals surface area (Å²) < 4.78 is 0. The summed E-state index contributed by atoms with van der Waals surface area (Å²) in [4.78, 5) is 2.30. The van der Waals surface area contributed by atoms with Crippen LogP contribution in [0.5, 0.6) is 0 Å². The Balaban J connectivity index is 2.84. The number of hydrogen-bond acceptors (Lipinski definition) is 3. The standard InChI is InChI=1S/C12H20N2S/c1-10(9-15-3)14(2)12-7-5-4-6-11(12)8-13/h4-7,10H,8-9,13H2,1-3H3. The van der Waals surface area contributed by atoms with Crippen molar-refractivity contribution in [2.24, 2.45) is 5.73 Å². The Morgan fingerprint density at radius 3 is 2.67 bits per heavy atom. The maximum atomic E-state index is 5.73. The fourth-order valence-corrected chi connectivity index (χ4v) is 2.32. The summed E-state index contributed by atoms with van der Waals surface area (Å²) in [6.07, 6.45) is 2.14. The van der Waals surface area contributed by atoms with Gasteiger partial charge < -0.3 is 10.6 Å². The highest BCUT2D eigenvalue weighted by Gasteiger charge is 2.11. The molecule has 3 heteroatoms. The van der Waals surface area contributed by atoms with Gasteiger partial charge in [0.15, 0.2) is 0 Å². The van der Waals surface area contributed by atoms with E-state index in [1.54, 1.807) is 0 Å². The van der Waals surface area contributed by atoms with Gasteiger partial charge in [-0.25, -0.2) is 0 Å². The second-order valence-corrected chi connectivity index (χ2v) is 4.66. The van der Waals surface area contributed by atoms with Crippen molar-refractivity contribution in [3.63, 3.8) is 0 Å². The average Bonchev–Trinajstić information content (AvgIpc) is 2.28. The molecule has 2 nitrogen and oxygen atoms in total. The molecule has 0 aromatic heterocycles. The molecule has 0 radical (unpaired) electrons. The van der Waals surface area contributed by atoms with E-state index < -0.39 is 0 Å². The Hall–Kier alpha value is -0.670. The van der Waals surface area contributed by atoms with E-state index in [-0.39, 0.29) is 0 Å². The SMILES string of the molecule is CSCC(C)N(C)c1ccccc1CN. The first-order chi connectivity index (χ1) is 7.20. The fourth-order valence-electron chi connectivity index (χ4n) is 1.62. The van der Waals surface area contributed by atoms with Crippen LogP contribution in [0.3, 0.4) is 0 Å². The second kappa shape index (κ2) is 6.03. The van der Waals surface area contributed by atoms with Gasteiger partial charge in [-0.1, -0.05) is 18.2 Å². The summed E-state index contributed by atoms with van der Waals surface area (Å²) in [5.74, 6) is 1.13. The summed E-state index contributed by atoms with van der Waals surface area (Å²) in [6, 6.07) is 8.87. The zero-order valence-corrected chi connectivity index (χ0v) is 10.6. The molecule has 1 aromatic rings. The molecule has 0 saturated carbocycles. The third kappa shape index (κ3) is 3.14. The first kappa shape index (κ1) is 12.4. The molecule has 0 bridgehead atoms. The van der Waals surface area contributed by atoms with Gasteiger partial charge in [0.1, 0.15) is 0 Å². The van der Waals surface area contributed by atoms with E-state index in [9.17, 15) is 0 Å². The minimum atomic E-state index is 0.535. The first-order valence-electron chi connectivity index (χ1n) is 5.20. The number of benzene rings is 1. The topological polar surface area (TPSA) is 29.3 Å². The minimum absolute atomic E-state index is 0.535. The van der Waals surface area contributed by atoms with Crippen molar-refractivity contribution in [3.05, 3.63) is 29.8 Å². The Bertz CT molecular complexity index is 301. The molecular weight excluding hydrogens is 204 g/mol. The van der Waals surface area contributed by atoms with Crippen molar-refractivity contribution in [2.75, 3.05) is 24.0 Å². The molecule has 0 fully saturated rings. The van der Waals surface area contributed by atoms with E-state index in [4.69, 9.17) is 5.73 Å². The van der Waals surface area contributed by atoms with E-state index in [1.807, 2.05) is 17.8 Å². The van der Waals surface area contributed by atoms with E-state index >= 15 is 0 Å². The molecule has 0 aliphatic carbocycles. The number of anilines is 1. The highest BCUT2D eigenvalue weighted by Crippen LogP contribution is 2.21. The summed E-state index contributed by atoms with van der Waals surface area (Å²) in [6.45, 7) is 2.84. The molecule has 2 N–H and O–H groups in total. The normalized spacial score (nSPS) is 12.5. The maximum Gasteiger partial charge on any atom is 0.0411 e. The highest BCUT2D eigenvalue weighted by atomic mass is 32.2. The van der Waals surface area contributed by atoms with Crippen LogP contribution >= 0.6 is 11.8 Å². The summed E-state index contributed by atoms with van der Waals surface area (Å²) in [5, 5.41) is 0. The maximum absolute atomic E-state index is 5.73. The van der Waals surface area contributed by atoms with E-state index in [2.05, 4.69) is 43.3 Å². The van der Waals surface area contributed by atoms with Gasteiger partial charge in [0.2, 0.25) is 0 Å². The first-order valence-corrected chi connectivity index (χ1v) is 6.59. The lowest BCUT2D eigenvalue weighted by Gasteiger charge is -2.28. The summed E-state index contributed by atoms with van der Waals surface area (Å²) in [5.41, 5.74) is 8.20. The van der Waals surface area contributed by atoms with Crippen LogP contribution in [0.2, 0.25) is 0 Å². The summed E-state index contributed by atoms with van der Waals surface area (Å²) >= 11 is 1.87. The lowest BCUT2D eigenvalue weighted by molar-refractivity contribution is 0.760. The molecular formula is C12H20N2S. The molecule has 1 rings (SSSR count). The monoisotopic (exact) mass is 224 g/mol. The molecule has 0 amide bonds. The number of thioether (sulfide) groups is 1. The van der Waals surface area contributed by atoms with E-state index in [1.165, 1.54) is 11.3 Å². The molecule has 1 aromatic carbocycles. The predicted molar refractivity (Wildman–Crippen MR) is 70.6 cm³/mol. The summed E-state index contributed by atoms with van der Waals surface area (Å²) in [7, 11) is 2.13. The highest BCUT2D eigenvalue weighted by molar-refractivity contribution is 7.98. The zero-order valence-electron chi connectivity index (χ0n) is 9.73. The molecule has 0 saturated heterocycles.